The maximum atomic E-state index is 11.1. The van der Waals surface area contributed by atoms with E-state index in [9.17, 15) is 30.1 Å². The van der Waals surface area contributed by atoms with Gasteiger partial charge in [-0.15, -0.1) is 4.91 Å². The highest BCUT2D eigenvalue weighted by Crippen LogP contribution is 2.28. The highest BCUT2D eigenvalue weighted by molar-refractivity contribution is 5.71. The van der Waals surface area contributed by atoms with E-state index in [4.69, 9.17) is 4.74 Å². The first-order valence-electron chi connectivity index (χ1n) is 8.10. The van der Waals surface area contributed by atoms with Crippen molar-refractivity contribution in [1.29, 1.82) is 0 Å². The Balaban J connectivity index is 1.90. The van der Waals surface area contributed by atoms with Gasteiger partial charge in [-0.1, -0.05) is 12.2 Å². The minimum atomic E-state index is -1.81. The molecule has 1 aromatic heterocycles. The van der Waals surface area contributed by atoms with Crippen LogP contribution in [0.1, 0.15) is 24.3 Å². The zero-order valence-electron chi connectivity index (χ0n) is 13.7. The van der Waals surface area contributed by atoms with Crippen LogP contribution in [0, 0.1) is 4.91 Å². The van der Waals surface area contributed by atoms with E-state index in [0.717, 1.165) is 0 Å². The van der Waals surface area contributed by atoms with Crippen molar-refractivity contribution in [1.82, 2.24) is 5.01 Å². The molecule has 26 heavy (non-hydrogen) atoms. The minimum Gasteiger partial charge on any atom is -0.547 e. The number of hydrogen-bond acceptors (Lipinski definition) is 8. The number of nitrogens with zero attached hydrogens (tertiary/aromatic N) is 3. The molecule has 3 rings (SSSR count). The molecule has 0 radical (unpaired) electrons. The molecule has 3 heterocycles. The molecule has 1 aromatic rings. The number of rotatable bonds is 4. The molecule has 3 N–H and O–H groups in total. The zero-order valence-corrected chi connectivity index (χ0v) is 13.7. The van der Waals surface area contributed by atoms with Crippen molar-refractivity contribution in [2.24, 2.45) is 5.29 Å². The predicted molar refractivity (Wildman–Crippen MR) is 82.6 cm³/mol. The third kappa shape index (κ3) is 3.31. The van der Waals surface area contributed by atoms with E-state index >= 15 is 0 Å². The topological polar surface area (TPSA) is 147 Å². The molecule has 6 unspecified atom stereocenters. The van der Waals surface area contributed by atoms with E-state index in [0.29, 0.717) is 18.5 Å². The van der Waals surface area contributed by atoms with E-state index in [2.05, 4.69) is 5.29 Å². The highest BCUT2D eigenvalue weighted by atomic mass is 16.6. The fourth-order valence-electron chi connectivity index (χ4n) is 3.22. The van der Waals surface area contributed by atoms with Gasteiger partial charge in [-0.25, -0.2) is 5.01 Å². The highest BCUT2D eigenvalue weighted by Gasteiger charge is 2.48. The first-order valence-corrected chi connectivity index (χ1v) is 8.10. The number of carboxylic acid groups (broad SMARTS) is 1. The zero-order chi connectivity index (χ0) is 18.8. The average molecular weight is 365 g/mol. The summed E-state index contributed by atoms with van der Waals surface area (Å²) in [5.41, 5.74) is 0.692. The van der Waals surface area contributed by atoms with Crippen molar-refractivity contribution < 1.29 is 34.5 Å². The fraction of sp³-hybridized carbons (Fsp3) is 0.500. The van der Waals surface area contributed by atoms with Gasteiger partial charge in [-0.05, 0) is 12.5 Å². The van der Waals surface area contributed by atoms with Gasteiger partial charge in [0.2, 0.25) is 0 Å². The molecule has 10 heteroatoms. The van der Waals surface area contributed by atoms with Crippen molar-refractivity contribution >= 4 is 5.97 Å². The minimum absolute atomic E-state index is 0.321. The SMILES string of the molecule is O=NN1CC=CCC1c1ccc[n+](C2OC(C(=O)[O-])C(O)C(O)C2O)c1. The Labute approximate surface area is 148 Å². The van der Waals surface area contributed by atoms with E-state index in [1.165, 1.54) is 15.8 Å². The Kier molecular flexibility index (Phi) is 5.28. The Morgan fingerprint density at radius 2 is 2.04 bits per heavy atom. The standard InChI is InChI=1S/C16H19N3O7/c20-11-12(21)14(16(23)24)26-15(13(11)22)18-6-3-4-9(8-18)10-5-1-2-7-19(10)17-25/h1-4,6,8,10-15,20-22H,5,7H2. The summed E-state index contributed by atoms with van der Waals surface area (Å²) < 4.78 is 6.63. The molecule has 10 nitrogen and oxygen atoms in total. The van der Waals surface area contributed by atoms with Crippen LogP contribution in [-0.4, -0.2) is 57.3 Å². The smallest absolute Gasteiger partial charge is 0.292 e. The average Bonchev–Trinajstić information content (AvgIpc) is 2.66. The number of hydrogen-bond donors (Lipinski definition) is 3. The number of nitroso groups, excluding NO2 is 1. The van der Waals surface area contributed by atoms with Crippen molar-refractivity contribution in [2.75, 3.05) is 6.54 Å². The molecule has 0 aliphatic carbocycles. The normalized spacial score (nSPS) is 34.5. The Bertz CT molecular complexity index is 713. The third-order valence-corrected chi connectivity index (χ3v) is 4.63. The first-order chi connectivity index (χ1) is 12.4. The number of aliphatic hydroxyl groups is 3. The number of aliphatic hydroxyl groups excluding tert-OH is 3. The van der Waals surface area contributed by atoms with Gasteiger partial charge in [-0.2, -0.15) is 4.57 Å². The number of carbonyl (C=O) groups is 1. The second kappa shape index (κ2) is 7.46. The maximum absolute atomic E-state index is 11.1. The Morgan fingerprint density at radius 3 is 2.73 bits per heavy atom. The van der Waals surface area contributed by atoms with Crippen LogP contribution in [0.25, 0.3) is 0 Å². The molecule has 0 amide bonds. The lowest BCUT2D eigenvalue weighted by molar-refractivity contribution is -0.777. The van der Waals surface area contributed by atoms with Crippen LogP contribution in [0.2, 0.25) is 0 Å². The molecule has 2 aliphatic rings. The van der Waals surface area contributed by atoms with Crippen molar-refractivity contribution in [3.05, 3.63) is 47.1 Å². The van der Waals surface area contributed by atoms with Gasteiger partial charge in [0.25, 0.3) is 6.23 Å². The maximum Gasteiger partial charge on any atom is 0.292 e. The van der Waals surface area contributed by atoms with Crippen LogP contribution in [0.3, 0.4) is 0 Å². The predicted octanol–water partition coefficient (Wildman–Crippen LogP) is -2.31. The molecule has 1 fully saturated rings. The lowest BCUT2D eigenvalue weighted by Gasteiger charge is -2.38. The molecule has 140 valence electrons. The van der Waals surface area contributed by atoms with E-state index in [1.807, 2.05) is 12.2 Å². The molecule has 1 saturated heterocycles. The van der Waals surface area contributed by atoms with Crippen molar-refractivity contribution in [3.63, 3.8) is 0 Å². The number of aromatic nitrogens is 1. The van der Waals surface area contributed by atoms with E-state index in [-0.39, 0.29) is 6.04 Å². The summed E-state index contributed by atoms with van der Waals surface area (Å²) in [5, 5.41) is 45.4. The van der Waals surface area contributed by atoms with Crippen LogP contribution < -0.4 is 9.67 Å². The van der Waals surface area contributed by atoms with Gasteiger partial charge in [0, 0.05) is 11.6 Å². The number of pyridine rings is 1. The second-order valence-corrected chi connectivity index (χ2v) is 6.25. The molecule has 0 spiro atoms. The Hall–Kier alpha value is -2.40. The fourth-order valence-corrected chi connectivity index (χ4v) is 3.22. The van der Waals surface area contributed by atoms with E-state index in [1.54, 1.807) is 18.3 Å². The van der Waals surface area contributed by atoms with Crippen LogP contribution in [0.4, 0.5) is 0 Å². The summed E-state index contributed by atoms with van der Waals surface area (Å²) in [6, 6.07) is 3.08. The van der Waals surface area contributed by atoms with Gasteiger partial charge in [0.15, 0.2) is 18.5 Å². The molecular weight excluding hydrogens is 346 g/mol. The van der Waals surface area contributed by atoms with Crippen LogP contribution in [0.5, 0.6) is 0 Å². The van der Waals surface area contributed by atoms with Crippen LogP contribution >= 0.6 is 0 Å². The summed E-state index contributed by atoms with van der Waals surface area (Å²) in [7, 11) is 0. The van der Waals surface area contributed by atoms with E-state index < -0.39 is 36.6 Å². The van der Waals surface area contributed by atoms with Crippen molar-refractivity contribution in [2.45, 2.75) is 43.1 Å². The lowest BCUT2D eigenvalue weighted by Crippen LogP contribution is -2.65. The molecule has 2 aliphatic heterocycles. The van der Waals surface area contributed by atoms with Gasteiger partial charge in [-0.3, -0.25) is 0 Å². The van der Waals surface area contributed by atoms with Crippen LogP contribution in [0.15, 0.2) is 42.0 Å². The summed E-state index contributed by atoms with van der Waals surface area (Å²) >= 11 is 0. The largest absolute Gasteiger partial charge is 0.547 e. The summed E-state index contributed by atoms with van der Waals surface area (Å²) in [4.78, 5) is 22.1. The number of carbonyl (C=O) groups excluding carboxylic acids is 1. The molecule has 0 bridgehead atoms. The van der Waals surface area contributed by atoms with Gasteiger partial charge in [0.05, 0.1) is 23.8 Å². The van der Waals surface area contributed by atoms with Gasteiger partial charge < -0.3 is 30.0 Å². The first kappa shape index (κ1) is 18.4. The molecule has 0 aromatic carbocycles. The summed E-state index contributed by atoms with van der Waals surface area (Å²) in [6.07, 6.45) is -0.759. The Morgan fingerprint density at radius 1 is 1.27 bits per heavy atom. The summed E-state index contributed by atoms with van der Waals surface area (Å²) in [5.74, 6) is -1.70. The monoisotopic (exact) mass is 365 g/mol. The number of carboxylic acids is 1. The molecule has 6 atom stereocenters. The molecular formula is C16H19N3O7. The lowest BCUT2D eigenvalue weighted by atomic mass is 9.97. The second-order valence-electron chi connectivity index (χ2n) is 6.25. The van der Waals surface area contributed by atoms with Gasteiger partial charge in [0.1, 0.15) is 18.3 Å². The van der Waals surface area contributed by atoms with Gasteiger partial charge >= 0.3 is 0 Å². The van der Waals surface area contributed by atoms with Crippen LogP contribution in [-0.2, 0) is 9.53 Å². The third-order valence-electron chi connectivity index (χ3n) is 4.63. The quantitative estimate of drug-likeness (QED) is 0.306. The number of ether oxygens (including phenoxy) is 1. The van der Waals surface area contributed by atoms with Crippen molar-refractivity contribution in [3.8, 4) is 0 Å². The number of aliphatic carboxylic acids is 1. The summed E-state index contributed by atoms with van der Waals surface area (Å²) in [6.45, 7) is 0.364. The molecule has 0 saturated carbocycles.